The Morgan fingerprint density at radius 2 is 1.90 bits per heavy atom. The number of alkyl halides is 3. The van der Waals surface area contributed by atoms with E-state index < -0.39 is 12.1 Å². The lowest BCUT2D eigenvalue weighted by Gasteiger charge is -2.14. The minimum Gasteiger partial charge on any atom is -0.404 e. The summed E-state index contributed by atoms with van der Waals surface area (Å²) in [6.07, 6.45) is -4.80. The molecule has 1 N–H and O–H groups in total. The smallest absolute Gasteiger partial charge is 0.404 e. The molecule has 0 saturated carbocycles. The van der Waals surface area contributed by atoms with Crippen LogP contribution in [0, 0.1) is 18.3 Å². The first-order valence-electron chi connectivity index (χ1n) is 5.88. The average Bonchev–Trinajstić information content (AvgIpc) is 2.40. The van der Waals surface area contributed by atoms with Crippen LogP contribution in [0.2, 0.25) is 0 Å². The van der Waals surface area contributed by atoms with Crippen LogP contribution in [-0.4, -0.2) is 11.3 Å². The summed E-state index contributed by atoms with van der Waals surface area (Å²) in [5, 5.41) is 11.7. The number of hydrogen-bond acceptors (Lipinski definition) is 4. The highest BCUT2D eigenvalue weighted by atomic mass is 19.4. The van der Waals surface area contributed by atoms with Crippen molar-refractivity contribution in [2.24, 2.45) is 0 Å². The van der Waals surface area contributed by atoms with Gasteiger partial charge in [0, 0.05) is 5.69 Å². The molecule has 108 valence electrons. The van der Waals surface area contributed by atoms with E-state index >= 15 is 0 Å². The SMILES string of the molecule is Cc1ccc(C#N)c(Nc2ccccc2OC(F)(F)F)n1. The maximum atomic E-state index is 12.4. The highest BCUT2D eigenvalue weighted by molar-refractivity contribution is 5.68. The summed E-state index contributed by atoms with van der Waals surface area (Å²) in [4.78, 5) is 4.11. The molecule has 2 rings (SSSR count). The number of rotatable bonds is 3. The molecule has 0 radical (unpaired) electrons. The summed E-state index contributed by atoms with van der Waals surface area (Å²) in [5.41, 5.74) is 0.928. The summed E-state index contributed by atoms with van der Waals surface area (Å²) >= 11 is 0. The minimum atomic E-state index is -4.80. The maximum Gasteiger partial charge on any atom is 0.573 e. The summed E-state index contributed by atoms with van der Waals surface area (Å²) in [6, 6.07) is 10.7. The molecule has 0 bridgehead atoms. The molecule has 0 saturated heterocycles. The van der Waals surface area contributed by atoms with Gasteiger partial charge in [0.2, 0.25) is 0 Å². The van der Waals surface area contributed by atoms with Crippen LogP contribution < -0.4 is 10.1 Å². The third-order valence-electron chi connectivity index (χ3n) is 2.52. The Labute approximate surface area is 118 Å². The first-order valence-corrected chi connectivity index (χ1v) is 5.88. The van der Waals surface area contributed by atoms with Crippen molar-refractivity contribution in [1.29, 1.82) is 5.26 Å². The van der Waals surface area contributed by atoms with Crippen LogP contribution in [-0.2, 0) is 0 Å². The molecule has 2 aromatic rings. The van der Waals surface area contributed by atoms with E-state index in [1.54, 1.807) is 19.1 Å². The number of benzene rings is 1. The zero-order chi connectivity index (χ0) is 15.5. The summed E-state index contributed by atoms with van der Waals surface area (Å²) in [5.74, 6) is -0.215. The quantitative estimate of drug-likeness (QED) is 0.932. The predicted octanol–water partition coefficient (Wildman–Crippen LogP) is 3.90. The van der Waals surface area contributed by atoms with Gasteiger partial charge in [-0.1, -0.05) is 12.1 Å². The molecule has 0 amide bonds. The van der Waals surface area contributed by atoms with Gasteiger partial charge < -0.3 is 10.1 Å². The standard InChI is InChI=1S/C14H10F3N3O/c1-9-6-7-10(8-18)13(19-9)20-11-4-2-3-5-12(11)21-14(15,16)17/h2-7H,1H3,(H,19,20). The third-order valence-corrected chi connectivity index (χ3v) is 2.52. The second kappa shape index (κ2) is 5.71. The maximum absolute atomic E-state index is 12.4. The van der Waals surface area contributed by atoms with Gasteiger partial charge in [-0.2, -0.15) is 5.26 Å². The number of para-hydroxylation sites is 2. The molecule has 7 heteroatoms. The van der Waals surface area contributed by atoms with E-state index in [4.69, 9.17) is 5.26 Å². The van der Waals surface area contributed by atoms with Crippen molar-refractivity contribution >= 4 is 11.5 Å². The van der Waals surface area contributed by atoms with Gasteiger partial charge in [-0.25, -0.2) is 4.98 Å². The fraction of sp³-hybridized carbons (Fsp3) is 0.143. The predicted molar refractivity (Wildman–Crippen MR) is 70.1 cm³/mol. The number of nitrogens with one attached hydrogen (secondary N) is 1. The van der Waals surface area contributed by atoms with E-state index in [-0.39, 0.29) is 17.1 Å². The van der Waals surface area contributed by atoms with Gasteiger partial charge >= 0.3 is 6.36 Å². The zero-order valence-corrected chi connectivity index (χ0v) is 10.9. The van der Waals surface area contributed by atoms with Gasteiger partial charge in [-0.05, 0) is 31.2 Å². The molecule has 1 aromatic heterocycles. The van der Waals surface area contributed by atoms with Gasteiger partial charge in [-0.3, -0.25) is 0 Å². The number of pyridine rings is 1. The number of ether oxygens (including phenoxy) is 1. The Kier molecular flexibility index (Phi) is 3.98. The molecule has 0 atom stereocenters. The van der Waals surface area contributed by atoms with Gasteiger partial charge in [0.15, 0.2) is 5.75 Å². The number of aromatic nitrogens is 1. The van der Waals surface area contributed by atoms with Crippen molar-refractivity contribution in [3.63, 3.8) is 0 Å². The monoisotopic (exact) mass is 293 g/mol. The van der Waals surface area contributed by atoms with Gasteiger partial charge in [0.05, 0.1) is 11.3 Å². The lowest BCUT2D eigenvalue weighted by Crippen LogP contribution is -2.18. The fourth-order valence-corrected chi connectivity index (χ4v) is 1.65. The van der Waals surface area contributed by atoms with E-state index in [2.05, 4.69) is 15.0 Å². The van der Waals surface area contributed by atoms with Crippen LogP contribution in [0.15, 0.2) is 36.4 Å². The molecule has 1 heterocycles. The number of halogens is 3. The Balaban J connectivity index is 2.37. The molecule has 0 aliphatic rings. The second-order valence-electron chi connectivity index (χ2n) is 4.13. The van der Waals surface area contributed by atoms with Crippen LogP contribution >= 0.6 is 0 Å². The number of nitriles is 1. The molecular formula is C14H10F3N3O. The number of aryl methyl sites for hydroxylation is 1. The van der Waals surface area contributed by atoms with Gasteiger partial charge in [-0.15, -0.1) is 13.2 Å². The van der Waals surface area contributed by atoms with Crippen molar-refractivity contribution in [1.82, 2.24) is 4.98 Å². The molecular weight excluding hydrogens is 283 g/mol. The van der Waals surface area contributed by atoms with Gasteiger partial charge in [0.1, 0.15) is 11.9 Å². The lowest BCUT2D eigenvalue weighted by molar-refractivity contribution is -0.274. The molecule has 1 aromatic carbocycles. The van der Waals surface area contributed by atoms with Crippen molar-refractivity contribution in [2.75, 3.05) is 5.32 Å². The van der Waals surface area contributed by atoms with E-state index in [1.165, 1.54) is 24.3 Å². The normalized spacial score (nSPS) is 10.8. The molecule has 0 aliphatic heterocycles. The van der Waals surface area contributed by atoms with Crippen LogP contribution in [0.25, 0.3) is 0 Å². The Bertz CT molecular complexity index is 693. The van der Waals surface area contributed by atoms with E-state index in [0.29, 0.717) is 5.69 Å². The largest absolute Gasteiger partial charge is 0.573 e. The van der Waals surface area contributed by atoms with Crippen molar-refractivity contribution < 1.29 is 17.9 Å². The summed E-state index contributed by atoms with van der Waals surface area (Å²) in [7, 11) is 0. The first kappa shape index (κ1) is 14.7. The Morgan fingerprint density at radius 3 is 2.57 bits per heavy atom. The van der Waals surface area contributed by atoms with E-state index in [0.717, 1.165) is 0 Å². The second-order valence-corrected chi connectivity index (χ2v) is 4.13. The molecule has 0 aliphatic carbocycles. The van der Waals surface area contributed by atoms with Crippen LogP contribution in [0.3, 0.4) is 0 Å². The molecule has 4 nitrogen and oxygen atoms in total. The average molecular weight is 293 g/mol. The number of hydrogen-bond donors (Lipinski definition) is 1. The highest BCUT2D eigenvalue weighted by Crippen LogP contribution is 2.32. The third kappa shape index (κ3) is 3.86. The van der Waals surface area contributed by atoms with Crippen LogP contribution in [0.4, 0.5) is 24.7 Å². The Hall–Kier alpha value is -2.75. The number of anilines is 2. The van der Waals surface area contributed by atoms with Crippen molar-refractivity contribution in [3.05, 3.63) is 47.7 Å². The topological polar surface area (TPSA) is 57.9 Å². The van der Waals surface area contributed by atoms with Crippen molar-refractivity contribution in [3.8, 4) is 11.8 Å². The van der Waals surface area contributed by atoms with Crippen LogP contribution in [0.1, 0.15) is 11.3 Å². The molecule has 0 unspecified atom stereocenters. The highest BCUT2D eigenvalue weighted by Gasteiger charge is 2.32. The molecule has 21 heavy (non-hydrogen) atoms. The summed E-state index contributed by atoms with van der Waals surface area (Å²) in [6.45, 7) is 1.71. The lowest BCUT2D eigenvalue weighted by atomic mass is 10.2. The van der Waals surface area contributed by atoms with E-state index in [9.17, 15) is 13.2 Å². The minimum absolute atomic E-state index is 0.0735. The Morgan fingerprint density at radius 1 is 1.19 bits per heavy atom. The summed E-state index contributed by atoms with van der Waals surface area (Å²) < 4.78 is 41.0. The van der Waals surface area contributed by atoms with Crippen LogP contribution in [0.5, 0.6) is 5.75 Å². The number of nitrogens with zero attached hydrogens (tertiary/aromatic N) is 2. The fourth-order valence-electron chi connectivity index (χ4n) is 1.65. The first-order chi connectivity index (χ1) is 9.89. The zero-order valence-electron chi connectivity index (χ0n) is 10.9. The van der Waals surface area contributed by atoms with E-state index in [1.807, 2.05) is 6.07 Å². The van der Waals surface area contributed by atoms with Gasteiger partial charge in [0.25, 0.3) is 0 Å². The molecule has 0 fully saturated rings. The van der Waals surface area contributed by atoms with Crippen molar-refractivity contribution in [2.45, 2.75) is 13.3 Å². The molecule has 0 spiro atoms.